The predicted molar refractivity (Wildman–Crippen MR) is 121 cm³/mol. The second-order valence-corrected chi connectivity index (χ2v) is 10.4. The van der Waals surface area contributed by atoms with Crippen molar-refractivity contribution in [3.8, 4) is 11.5 Å². The topological polar surface area (TPSA) is 35.5 Å². The van der Waals surface area contributed by atoms with Crippen LogP contribution in [-0.2, 0) is 4.79 Å². The first-order valence-corrected chi connectivity index (χ1v) is 12.6. The molecule has 3 nitrogen and oxygen atoms in total. The fraction of sp³-hybridized carbons (Fsp3) is 0.741. The van der Waals surface area contributed by atoms with E-state index in [-0.39, 0.29) is 23.4 Å². The van der Waals surface area contributed by atoms with Crippen molar-refractivity contribution in [2.75, 3.05) is 7.11 Å². The number of methoxy groups -OCH3 is 1. The Balaban J connectivity index is 1.24. The van der Waals surface area contributed by atoms with Crippen LogP contribution in [0.3, 0.4) is 0 Å². The van der Waals surface area contributed by atoms with E-state index in [9.17, 15) is 9.18 Å². The maximum absolute atomic E-state index is 13.9. The largest absolute Gasteiger partial charge is 0.494 e. The highest BCUT2D eigenvalue weighted by atomic mass is 19.1. The summed E-state index contributed by atoms with van der Waals surface area (Å²) < 4.78 is 24.3. The molecule has 0 aliphatic heterocycles. The highest BCUT2D eigenvalue weighted by Crippen LogP contribution is 2.49. The Morgan fingerprint density at radius 1 is 0.935 bits per heavy atom. The van der Waals surface area contributed by atoms with Gasteiger partial charge in [0.05, 0.1) is 13.0 Å². The number of esters is 1. The molecule has 4 atom stereocenters. The molecule has 1 aromatic rings. The van der Waals surface area contributed by atoms with Crippen LogP contribution in [0.2, 0.25) is 0 Å². The number of carbonyl (C=O) groups is 1. The van der Waals surface area contributed by atoms with Crippen LogP contribution in [0.4, 0.5) is 4.39 Å². The summed E-state index contributed by atoms with van der Waals surface area (Å²) in [6.45, 7) is 2.32. The minimum absolute atomic E-state index is 0.0535. The van der Waals surface area contributed by atoms with E-state index in [0.717, 1.165) is 55.3 Å². The van der Waals surface area contributed by atoms with Crippen LogP contribution in [0.15, 0.2) is 18.2 Å². The molecule has 31 heavy (non-hydrogen) atoms. The first kappa shape index (κ1) is 22.6. The van der Waals surface area contributed by atoms with Crippen molar-refractivity contribution in [3.63, 3.8) is 0 Å². The zero-order chi connectivity index (χ0) is 21.8. The van der Waals surface area contributed by atoms with Crippen LogP contribution in [0, 0.1) is 41.3 Å². The number of rotatable bonds is 6. The van der Waals surface area contributed by atoms with Gasteiger partial charge in [-0.25, -0.2) is 4.39 Å². The van der Waals surface area contributed by atoms with Gasteiger partial charge in [-0.15, -0.1) is 0 Å². The van der Waals surface area contributed by atoms with Gasteiger partial charge >= 0.3 is 5.97 Å². The Hall–Kier alpha value is -1.58. The Labute approximate surface area is 187 Å². The van der Waals surface area contributed by atoms with Gasteiger partial charge in [0.2, 0.25) is 0 Å². The average molecular weight is 431 g/mol. The molecule has 1 aromatic carbocycles. The van der Waals surface area contributed by atoms with E-state index in [1.807, 2.05) is 0 Å². The number of hydrogen-bond acceptors (Lipinski definition) is 3. The standard InChI is InChI=1S/C27H39FO3/c1-3-4-18-5-6-23-16-22(12-11-21(23)15-18)19-7-9-20(10-8-19)27(29)31-24-13-14-26(30-2)25(28)17-24/h13-14,17-23H,3-12,15-16H2,1-2H3. The lowest BCUT2D eigenvalue weighted by Crippen LogP contribution is -2.35. The van der Waals surface area contributed by atoms with Gasteiger partial charge in [-0.05, 0) is 99.5 Å². The maximum Gasteiger partial charge on any atom is 0.314 e. The van der Waals surface area contributed by atoms with Gasteiger partial charge in [0.15, 0.2) is 11.6 Å². The molecule has 4 heteroatoms. The van der Waals surface area contributed by atoms with Crippen molar-refractivity contribution in [2.45, 2.75) is 84.0 Å². The number of ether oxygens (including phenoxy) is 2. The second kappa shape index (κ2) is 10.4. The first-order chi connectivity index (χ1) is 15.1. The summed E-state index contributed by atoms with van der Waals surface area (Å²) in [5.41, 5.74) is 0. The number of fused-ring (bicyclic) bond motifs is 1. The second-order valence-electron chi connectivity index (χ2n) is 10.4. The summed E-state index contributed by atoms with van der Waals surface area (Å²) >= 11 is 0. The van der Waals surface area contributed by atoms with Gasteiger partial charge in [-0.1, -0.05) is 26.2 Å². The van der Waals surface area contributed by atoms with Crippen LogP contribution < -0.4 is 9.47 Å². The molecule has 0 radical (unpaired) electrons. The predicted octanol–water partition coefficient (Wildman–Crippen LogP) is 7.18. The molecule has 4 unspecified atom stereocenters. The van der Waals surface area contributed by atoms with E-state index >= 15 is 0 Å². The zero-order valence-electron chi connectivity index (χ0n) is 19.3. The van der Waals surface area contributed by atoms with Crippen molar-refractivity contribution in [1.29, 1.82) is 0 Å². The Kier molecular flexibility index (Phi) is 7.55. The lowest BCUT2D eigenvalue weighted by Gasteiger charge is -2.45. The highest BCUT2D eigenvalue weighted by molar-refractivity contribution is 5.75. The smallest absolute Gasteiger partial charge is 0.314 e. The van der Waals surface area contributed by atoms with Crippen LogP contribution in [-0.4, -0.2) is 13.1 Å². The average Bonchev–Trinajstić information content (AvgIpc) is 2.79. The van der Waals surface area contributed by atoms with E-state index in [4.69, 9.17) is 9.47 Å². The van der Waals surface area contributed by atoms with E-state index in [1.165, 1.54) is 70.6 Å². The number of hydrogen-bond donors (Lipinski definition) is 0. The van der Waals surface area contributed by atoms with Crippen molar-refractivity contribution in [3.05, 3.63) is 24.0 Å². The molecule has 3 aliphatic carbocycles. The molecule has 0 spiro atoms. The van der Waals surface area contributed by atoms with Crippen molar-refractivity contribution in [2.24, 2.45) is 35.5 Å². The molecule has 0 amide bonds. The van der Waals surface area contributed by atoms with Gasteiger partial charge in [0, 0.05) is 6.07 Å². The molecule has 3 aliphatic rings. The summed E-state index contributed by atoms with van der Waals surface area (Å²) in [6.07, 6.45) is 15.5. The molecule has 172 valence electrons. The molecule has 3 saturated carbocycles. The van der Waals surface area contributed by atoms with Crippen molar-refractivity contribution < 1.29 is 18.7 Å². The minimum atomic E-state index is -0.504. The zero-order valence-corrected chi connectivity index (χ0v) is 19.3. The molecule has 0 saturated heterocycles. The van der Waals surface area contributed by atoms with Crippen LogP contribution in [0.25, 0.3) is 0 Å². The van der Waals surface area contributed by atoms with E-state index in [2.05, 4.69) is 6.92 Å². The summed E-state index contributed by atoms with van der Waals surface area (Å²) in [5.74, 6) is 4.23. The van der Waals surface area contributed by atoms with Gasteiger partial charge in [0.25, 0.3) is 0 Å². The molecule has 3 fully saturated rings. The Morgan fingerprint density at radius 3 is 2.26 bits per heavy atom. The fourth-order valence-corrected chi connectivity index (χ4v) is 6.86. The van der Waals surface area contributed by atoms with Gasteiger partial charge in [-0.2, -0.15) is 0 Å². The number of carbonyl (C=O) groups excluding carboxylic acids is 1. The molecule has 0 bridgehead atoms. The van der Waals surface area contributed by atoms with E-state index < -0.39 is 5.82 Å². The minimum Gasteiger partial charge on any atom is -0.494 e. The quantitative estimate of drug-likeness (QED) is 0.354. The number of halogens is 1. The molecular weight excluding hydrogens is 391 g/mol. The highest BCUT2D eigenvalue weighted by Gasteiger charge is 2.39. The third-order valence-electron chi connectivity index (χ3n) is 8.57. The molecule has 0 N–H and O–H groups in total. The van der Waals surface area contributed by atoms with Gasteiger partial charge in [-0.3, -0.25) is 4.79 Å². The lowest BCUT2D eigenvalue weighted by atomic mass is 9.60. The van der Waals surface area contributed by atoms with Crippen molar-refractivity contribution in [1.82, 2.24) is 0 Å². The fourth-order valence-electron chi connectivity index (χ4n) is 6.86. The third kappa shape index (κ3) is 5.43. The first-order valence-electron chi connectivity index (χ1n) is 12.6. The normalized spacial score (nSPS) is 33.4. The van der Waals surface area contributed by atoms with Crippen molar-refractivity contribution >= 4 is 5.97 Å². The van der Waals surface area contributed by atoms with Gasteiger partial charge in [0.1, 0.15) is 5.75 Å². The Morgan fingerprint density at radius 2 is 1.58 bits per heavy atom. The lowest BCUT2D eigenvalue weighted by molar-refractivity contribution is -0.140. The van der Waals surface area contributed by atoms with Gasteiger partial charge < -0.3 is 9.47 Å². The van der Waals surface area contributed by atoms with Crippen LogP contribution in [0.1, 0.15) is 84.0 Å². The Bertz CT molecular complexity index is 740. The molecule has 0 aromatic heterocycles. The van der Waals surface area contributed by atoms with Crippen LogP contribution >= 0.6 is 0 Å². The maximum atomic E-state index is 13.9. The molecule has 0 heterocycles. The molecular formula is C27H39FO3. The van der Waals surface area contributed by atoms with E-state index in [0.29, 0.717) is 0 Å². The summed E-state index contributed by atoms with van der Waals surface area (Å²) in [5, 5.41) is 0. The SMILES string of the molecule is CCCC1CCC2CC(C3CCC(C(=O)Oc4ccc(OC)c(F)c4)CC3)CCC2C1. The molecule has 4 rings (SSSR count). The summed E-state index contributed by atoms with van der Waals surface area (Å²) in [7, 11) is 1.42. The van der Waals surface area contributed by atoms with Crippen LogP contribution in [0.5, 0.6) is 11.5 Å². The van der Waals surface area contributed by atoms with E-state index in [1.54, 1.807) is 6.07 Å². The third-order valence-corrected chi connectivity index (χ3v) is 8.57. The summed E-state index contributed by atoms with van der Waals surface area (Å²) in [6, 6.07) is 4.33. The number of benzene rings is 1. The summed E-state index contributed by atoms with van der Waals surface area (Å²) in [4.78, 5) is 12.6. The monoisotopic (exact) mass is 430 g/mol.